The van der Waals surface area contributed by atoms with Crippen LogP contribution < -0.4 is 5.32 Å². The van der Waals surface area contributed by atoms with E-state index in [1.54, 1.807) is 4.90 Å². The number of aromatic amines is 1. The third-order valence-corrected chi connectivity index (χ3v) is 5.58. The summed E-state index contributed by atoms with van der Waals surface area (Å²) < 4.78 is 0. The minimum absolute atomic E-state index is 0.00540. The number of rotatable bonds is 6. The molecule has 4 rings (SSSR count). The van der Waals surface area contributed by atoms with E-state index >= 15 is 0 Å². The highest BCUT2D eigenvalue weighted by atomic mass is 16.2. The highest BCUT2D eigenvalue weighted by molar-refractivity contribution is 5.97. The highest BCUT2D eigenvalue weighted by Crippen LogP contribution is 2.23. The Kier molecular flexibility index (Phi) is 5.93. The molecular formula is C24H26N4O2. The van der Waals surface area contributed by atoms with Crippen molar-refractivity contribution in [3.8, 4) is 0 Å². The molecule has 2 amide bonds. The Morgan fingerprint density at radius 2 is 1.87 bits per heavy atom. The Hall–Kier alpha value is -3.41. The summed E-state index contributed by atoms with van der Waals surface area (Å²) in [5.41, 5.74) is 5.08. The summed E-state index contributed by atoms with van der Waals surface area (Å²) in [6.07, 6.45) is 2.44. The lowest BCUT2D eigenvalue weighted by molar-refractivity contribution is 0.0730. The second kappa shape index (κ2) is 8.95. The Bertz CT molecular complexity index is 1040. The van der Waals surface area contributed by atoms with Crippen molar-refractivity contribution >= 4 is 11.8 Å². The number of nitrogens with zero attached hydrogens (tertiary/aromatic N) is 2. The van der Waals surface area contributed by atoms with Gasteiger partial charge in [-0.15, -0.1) is 0 Å². The van der Waals surface area contributed by atoms with Crippen LogP contribution in [0.2, 0.25) is 0 Å². The molecule has 2 aromatic carbocycles. The average Bonchev–Trinajstić information content (AvgIpc) is 3.20. The molecule has 1 aliphatic rings. The number of hydrogen-bond donors (Lipinski definition) is 2. The predicted octanol–water partition coefficient (Wildman–Crippen LogP) is 3.28. The lowest BCUT2D eigenvalue weighted by atomic mass is 10.0. The normalized spacial score (nSPS) is 13.0. The summed E-state index contributed by atoms with van der Waals surface area (Å²) in [7, 11) is 0. The van der Waals surface area contributed by atoms with Gasteiger partial charge in [0, 0.05) is 36.3 Å². The van der Waals surface area contributed by atoms with Crippen molar-refractivity contribution in [2.45, 2.75) is 32.7 Å². The number of carbonyl (C=O) groups excluding carboxylic acids is 2. The minimum Gasteiger partial charge on any atom is -0.351 e. The van der Waals surface area contributed by atoms with E-state index in [-0.39, 0.29) is 11.8 Å². The second-order valence-electron chi connectivity index (χ2n) is 7.67. The molecule has 1 aromatic heterocycles. The van der Waals surface area contributed by atoms with Crippen LogP contribution in [0.5, 0.6) is 0 Å². The van der Waals surface area contributed by atoms with E-state index in [1.165, 1.54) is 5.56 Å². The van der Waals surface area contributed by atoms with Crippen LogP contribution in [0.4, 0.5) is 0 Å². The van der Waals surface area contributed by atoms with Crippen molar-refractivity contribution in [3.05, 3.63) is 88.2 Å². The van der Waals surface area contributed by atoms with E-state index in [0.29, 0.717) is 37.3 Å². The maximum absolute atomic E-state index is 13.0. The third kappa shape index (κ3) is 4.27. The number of H-pyrrole nitrogens is 1. The number of amides is 2. The van der Waals surface area contributed by atoms with Crippen molar-refractivity contribution in [3.63, 3.8) is 0 Å². The lowest BCUT2D eigenvalue weighted by Crippen LogP contribution is -2.37. The highest BCUT2D eigenvalue weighted by Gasteiger charge is 2.28. The zero-order chi connectivity index (χ0) is 20.9. The summed E-state index contributed by atoms with van der Waals surface area (Å²) in [6.45, 7) is 3.53. The molecule has 2 heterocycles. The molecule has 0 bridgehead atoms. The molecule has 6 heteroatoms. The second-order valence-corrected chi connectivity index (χ2v) is 7.67. The van der Waals surface area contributed by atoms with Gasteiger partial charge >= 0.3 is 0 Å². The van der Waals surface area contributed by atoms with Crippen molar-refractivity contribution in [1.82, 2.24) is 20.4 Å². The molecule has 3 aromatic rings. The number of carbonyl (C=O) groups is 2. The van der Waals surface area contributed by atoms with Crippen LogP contribution in [0.1, 0.15) is 49.7 Å². The predicted molar refractivity (Wildman–Crippen MR) is 115 cm³/mol. The number of nitrogens with one attached hydrogen (secondary N) is 2. The summed E-state index contributed by atoms with van der Waals surface area (Å²) in [6, 6.07) is 17.8. The Labute approximate surface area is 176 Å². The Morgan fingerprint density at radius 1 is 1.10 bits per heavy atom. The molecule has 0 saturated heterocycles. The molecule has 0 fully saturated rings. The standard InChI is InChI=1S/C24H26N4O2/c1-17-8-5-6-12-19(17)24(30)28-15-13-21-20(16-28)22(27-26-21)23(29)25-14-7-11-18-9-3-2-4-10-18/h2-6,8-10,12H,7,11,13-16H2,1H3,(H,25,29)(H,26,27). The molecule has 0 radical (unpaired) electrons. The fourth-order valence-corrected chi connectivity index (χ4v) is 3.86. The summed E-state index contributed by atoms with van der Waals surface area (Å²) in [5, 5.41) is 10.2. The van der Waals surface area contributed by atoms with Crippen LogP contribution in [0.15, 0.2) is 54.6 Å². The molecule has 0 atom stereocenters. The number of hydrogen-bond acceptors (Lipinski definition) is 3. The molecule has 2 N–H and O–H groups in total. The van der Waals surface area contributed by atoms with Gasteiger partial charge in [0.25, 0.3) is 11.8 Å². The largest absolute Gasteiger partial charge is 0.351 e. The quantitative estimate of drug-likeness (QED) is 0.621. The van der Waals surface area contributed by atoms with E-state index in [0.717, 1.165) is 29.7 Å². The zero-order valence-electron chi connectivity index (χ0n) is 17.1. The van der Waals surface area contributed by atoms with Crippen molar-refractivity contribution < 1.29 is 9.59 Å². The molecule has 0 spiro atoms. The first-order valence-corrected chi connectivity index (χ1v) is 10.4. The van der Waals surface area contributed by atoms with Crippen LogP contribution >= 0.6 is 0 Å². The SMILES string of the molecule is Cc1ccccc1C(=O)N1CCc2[nH]nc(C(=O)NCCCc3ccccc3)c2C1. The van der Waals surface area contributed by atoms with Gasteiger partial charge in [0.05, 0.1) is 6.54 Å². The van der Waals surface area contributed by atoms with Gasteiger partial charge in [-0.2, -0.15) is 5.10 Å². The Morgan fingerprint density at radius 3 is 2.67 bits per heavy atom. The van der Waals surface area contributed by atoms with Gasteiger partial charge in [0.15, 0.2) is 5.69 Å². The van der Waals surface area contributed by atoms with E-state index < -0.39 is 0 Å². The molecule has 6 nitrogen and oxygen atoms in total. The number of fused-ring (bicyclic) bond motifs is 1. The van der Waals surface area contributed by atoms with Crippen LogP contribution in [0.25, 0.3) is 0 Å². The molecule has 1 aliphatic heterocycles. The molecular weight excluding hydrogens is 376 g/mol. The molecule has 0 saturated carbocycles. The van der Waals surface area contributed by atoms with Crippen LogP contribution in [-0.2, 0) is 19.4 Å². The van der Waals surface area contributed by atoms with Gasteiger partial charge in [-0.1, -0.05) is 48.5 Å². The van der Waals surface area contributed by atoms with Gasteiger partial charge in [-0.25, -0.2) is 0 Å². The van der Waals surface area contributed by atoms with Crippen LogP contribution in [0, 0.1) is 6.92 Å². The van der Waals surface area contributed by atoms with E-state index in [4.69, 9.17) is 0 Å². The number of benzene rings is 2. The first-order chi connectivity index (χ1) is 14.6. The smallest absolute Gasteiger partial charge is 0.272 e. The van der Waals surface area contributed by atoms with Crippen molar-refractivity contribution in [1.29, 1.82) is 0 Å². The van der Waals surface area contributed by atoms with Crippen molar-refractivity contribution in [2.24, 2.45) is 0 Å². The lowest BCUT2D eigenvalue weighted by Gasteiger charge is -2.27. The van der Waals surface area contributed by atoms with Gasteiger partial charge in [0.2, 0.25) is 0 Å². The topological polar surface area (TPSA) is 78.1 Å². The van der Waals surface area contributed by atoms with Gasteiger partial charge < -0.3 is 10.2 Å². The maximum Gasteiger partial charge on any atom is 0.272 e. The summed E-state index contributed by atoms with van der Waals surface area (Å²) in [4.78, 5) is 27.5. The van der Waals surface area contributed by atoms with E-state index in [1.807, 2.05) is 49.4 Å². The minimum atomic E-state index is -0.189. The summed E-state index contributed by atoms with van der Waals surface area (Å²) >= 11 is 0. The average molecular weight is 402 g/mol. The Balaban J connectivity index is 1.38. The van der Waals surface area contributed by atoms with Gasteiger partial charge in [-0.3, -0.25) is 14.7 Å². The number of aromatic nitrogens is 2. The van der Waals surface area contributed by atoms with Gasteiger partial charge in [-0.05, 0) is 37.0 Å². The van der Waals surface area contributed by atoms with Crippen LogP contribution in [0.3, 0.4) is 0 Å². The van der Waals surface area contributed by atoms with Crippen molar-refractivity contribution in [2.75, 3.05) is 13.1 Å². The molecule has 0 unspecified atom stereocenters. The third-order valence-electron chi connectivity index (χ3n) is 5.58. The van der Waals surface area contributed by atoms with E-state index in [9.17, 15) is 9.59 Å². The molecule has 30 heavy (non-hydrogen) atoms. The van der Waals surface area contributed by atoms with Crippen LogP contribution in [-0.4, -0.2) is 40.0 Å². The number of aryl methyl sites for hydroxylation is 2. The zero-order valence-corrected chi connectivity index (χ0v) is 17.1. The van der Waals surface area contributed by atoms with Gasteiger partial charge in [0.1, 0.15) is 0 Å². The first kappa shape index (κ1) is 19.9. The monoisotopic (exact) mass is 402 g/mol. The summed E-state index contributed by atoms with van der Waals surface area (Å²) in [5.74, 6) is -0.195. The first-order valence-electron chi connectivity index (χ1n) is 10.4. The molecule has 0 aliphatic carbocycles. The fraction of sp³-hybridized carbons (Fsp3) is 0.292. The maximum atomic E-state index is 13.0. The fourth-order valence-electron chi connectivity index (χ4n) is 3.86. The molecule has 154 valence electrons. The van der Waals surface area contributed by atoms with E-state index in [2.05, 4.69) is 27.6 Å².